The Hall–Kier alpha value is -4.24. The van der Waals surface area contributed by atoms with Gasteiger partial charge in [-0.2, -0.15) is 0 Å². The molecule has 0 unspecified atom stereocenters. The van der Waals surface area contributed by atoms with Gasteiger partial charge in [-0.15, -0.1) is 0 Å². The number of aliphatic imine (C=N–C) groups is 1. The van der Waals surface area contributed by atoms with Crippen molar-refractivity contribution in [2.75, 3.05) is 27.4 Å². The first-order valence-corrected chi connectivity index (χ1v) is 18.1. The Morgan fingerprint density at radius 2 is 1.93 bits per heavy atom. The zero-order valence-electron chi connectivity index (χ0n) is 24.2. The van der Waals surface area contributed by atoms with Gasteiger partial charge in [-0.1, -0.05) is 0 Å². The molecule has 4 aromatic rings. The van der Waals surface area contributed by atoms with Gasteiger partial charge in [-0.3, -0.25) is 0 Å². The van der Waals surface area contributed by atoms with E-state index in [0.29, 0.717) is 24.5 Å². The van der Waals surface area contributed by atoms with Crippen LogP contribution >= 0.6 is 19.8 Å². The van der Waals surface area contributed by atoms with E-state index >= 15 is 0 Å². The molecule has 2 aromatic carbocycles. The molecule has 2 aromatic heterocycles. The summed E-state index contributed by atoms with van der Waals surface area (Å²) in [6, 6.07) is 21.2. The molecule has 218 valence electrons. The molecule has 0 spiro atoms. The van der Waals surface area contributed by atoms with Crippen LogP contribution in [0.15, 0.2) is 84.2 Å². The number of nitrogens with one attached hydrogen (secondary N) is 1. The zero-order valence-corrected chi connectivity index (χ0v) is 26.4. The van der Waals surface area contributed by atoms with E-state index in [1.807, 2.05) is 72.9 Å². The topological polar surface area (TPSA) is 108 Å². The summed E-state index contributed by atoms with van der Waals surface area (Å²) in [5, 5.41) is 16.4. The number of halogens is 1. The van der Waals surface area contributed by atoms with Crippen LogP contribution in [-0.2, 0) is 13.6 Å². The Kier molecular flexibility index (Phi) is 11.5. The molecule has 0 atom stereocenters. The molecule has 0 aliphatic rings. The van der Waals surface area contributed by atoms with Crippen molar-refractivity contribution in [3.8, 4) is 22.9 Å². The van der Waals surface area contributed by atoms with Crippen molar-refractivity contribution in [2.45, 2.75) is 26.3 Å². The van der Waals surface area contributed by atoms with Gasteiger partial charge in [-0.25, -0.2) is 0 Å². The fourth-order valence-electron chi connectivity index (χ4n) is 4.34. The van der Waals surface area contributed by atoms with Crippen LogP contribution in [0.3, 0.4) is 0 Å². The number of rotatable bonds is 13. The SMILES string of the molecule is CCCI(C=Nc1ccc(C#N)cn1)CCCN(C(=O)NCc1ccccc1OC)c1ccc(-c2cnn(C)c2)cc1. The summed E-state index contributed by atoms with van der Waals surface area (Å²) in [5.41, 5.74) is 4.36. The van der Waals surface area contributed by atoms with E-state index in [0.717, 1.165) is 49.8 Å². The number of methoxy groups -OCH3 is 1. The van der Waals surface area contributed by atoms with E-state index in [-0.39, 0.29) is 6.03 Å². The first kappa shape index (κ1) is 30.7. The average molecular weight is 678 g/mol. The van der Waals surface area contributed by atoms with Crippen molar-refractivity contribution >= 4 is 41.6 Å². The molecular weight excluding hydrogens is 641 g/mol. The van der Waals surface area contributed by atoms with E-state index in [1.165, 1.54) is 0 Å². The summed E-state index contributed by atoms with van der Waals surface area (Å²) in [7, 11) is 3.53. The predicted molar refractivity (Wildman–Crippen MR) is 177 cm³/mol. The van der Waals surface area contributed by atoms with Crippen LogP contribution in [0.4, 0.5) is 16.3 Å². The van der Waals surface area contributed by atoms with Gasteiger partial charge in [-0.05, 0) is 0 Å². The maximum atomic E-state index is 13.6. The van der Waals surface area contributed by atoms with Crippen LogP contribution in [0.5, 0.6) is 5.75 Å². The first-order valence-electron chi connectivity index (χ1n) is 13.8. The summed E-state index contributed by atoms with van der Waals surface area (Å²) in [6.45, 7) is 3.15. The van der Waals surface area contributed by atoms with E-state index in [4.69, 9.17) is 10.00 Å². The molecule has 0 bridgehead atoms. The van der Waals surface area contributed by atoms with Crippen LogP contribution < -0.4 is 15.0 Å². The standard InChI is InChI=1S/C32H36IN7O2/c1-4-16-33(24-37-31-15-10-25(19-34)20-35-31)17-7-18-40(32(41)36-21-27-8-5-6-9-30(27)42-3)29-13-11-26(12-14-29)28-22-38-39(2)23-28/h5-6,8-15,20,22-24H,4,7,16-18,21H2,1-3H3,(H,36,41). The van der Waals surface area contributed by atoms with E-state index < -0.39 is 19.8 Å². The number of aryl methyl sites for hydroxylation is 1. The van der Waals surface area contributed by atoms with Crippen molar-refractivity contribution in [3.05, 3.63) is 90.4 Å². The number of pyridine rings is 1. The Bertz CT molecular complexity index is 1510. The number of benzene rings is 2. The van der Waals surface area contributed by atoms with Crippen LogP contribution in [0, 0.1) is 11.3 Å². The number of nitrogens with zero attached hydrogens (tertiary/aromatic N) is 6. The fourth-order valence-corrected chi connectivity index (χ4v) is 8.82. The van der Waals surface area contributed by atoms with Crippen LogP contribution in [0.1, 0.15) is 30.9 Å². The molecule has 42 heavy (non-hydrogen) atoms. The molecule has 0 fully saturated rings. The van der Waals surface area contributed by atoms with Crippen LogP contribution in [0.2, 0.25) is 0 Å². The quantitative estimate of drug-likeness (QED) is 0.0958. The third-order valence-electron chi connectivity index (χ3n) is 6.47. The first-order chi connectivity index (χ1) is 20.5. The third kappa shape index (κ3) is 8.63. The third-order valence-corrected chi connectivity index (χ3v) is 12.1. The number of hydrogen-bond acceptors (Lipinski definition) is 6. The van der Waals surface area contributed by atoms with Gasteiger partial charge in [0.1, 0.15) is 0 Å². The Labute approximate surface area is 254 Å². The summed E-state index contributed by atoms with van der Waals surface area (Å²) < 4.78 is 11.5. The summed E-state index contributed by atoms with van der Waals surface area (Å²) >= 11 is -1.51. The van der Waals surface area contributed by atoms with E-state index in [2.05, 4.69) is 37.6 Å². The van der Waals surface area contributed by atoms with Gasteiger partial charge in [0.05, 0.1) is 0 Å². The number of carbonyl (C=O) groups is 1. The molecule has 2 heterocycles. The molecule has 0 radical (unpaired) electrons. The van der Waals surface area contributed by atoms with Crippen molar-refractivity contribution in [1.82, 2.24) is 20.1 Å². The van der Waals surface area contributed by atoms with E-state index in [1.54, 1.807) is 30.1 Å². The van der Waals surface area contributed by atoms with Crippen LogP contribution in [0.25, 0.3) is 11.1 Å². The number of nitriles is 1. The van der Waals surface area contributed by atoms with Gasteiger partial charge < -0.3 is 0 Å². The Morgan fingerprint density at radius 1 is 1.12 bits per heavy atom. The number of hydrogen-bond donors (Lipinski definition) is 1. The number of para-hydroxylation sites is 1. The molecule has 2 amide bonds. The van der Waals surface area contributed by atoms with Gasteiger partial charge >= 0.3 is 256 Å². The molecule has 9 nitrogen and oxygen atoms in total. The number of carbonyl (C=O) groups excluding carboxylic acids is 1. The average Bonchev–Trinajstić information content (AvgIpc) is 3.47. The molecule has 0 aliphatic carbocycles. The van der Waals surface area contributed by atoms with Crippen molar-refractivity contribution < 1.29 is 9.53 Å². The number of urea groups is 1. The second-order valence-corrected chi connectivity index (χ2v) is 15.1. The molecule has 4 rings (SSSR count). The summed E-state index contributed by atoms with van der Waals surface area (Å²) in [5.74, 6) is 1.37. The zero-order chi connectivity index (χ0) is 29.7. The second kappa shape index (κ2) is 15.7. The maximum absolute atomic E-state index is 13.6. The molecule has 0 aliphatic heterocycles. The van der Waals surface area contributed by atoms with Crippen molar-refractivity contribution in [3.63, 3.8) is 0 Å². The normalized spacial score (nSPS) is 11.2. The Morgan fingerprint density at radius 3 is 2.60 bits per heavy atom. The predicted octanol–water partition coefficient (Wildman–Crippen LogP) is 6.75. The number of alkyl halides is 2. The molecular formula is C32H36IN7O2. The van der Waals surface area contributed by atoms with Gasteiger partial charge in [0.15, 0.2) is 0 Å². The van der Waals surface area contributed by atoms with Gasteiger partial charge in [0, 0.05) is 0 Å². The monoisotopic (exact) mass is 677 g/mol. The van der Waals surface area contributed by atoms with Crippen molar-refractivity contribution in [2.24, 2.45) is 12.0 Å². The number of ether oxygens (including phenoxy) is 1. The number of anilines is 1. The van der Waals surface area contributed by atoms with Gasteiger partial charge in [0.2, 0.25) is 0 Å². The Balaban J connectivity index is 1.46. The minimum atomic E-state index is -1.51. The number of amides is 2. The molecule has 0 saturated carbocycles. The summed E-state index contributed by atoms with van der Waals surface area (Å²) in [6.07, 6.45) is 7.31. The van der Waals surface area contributed by atoms with Crippen LogP contribution in [-0.4, -0.2) is 47.5 Å². The van der Waals surface area contributed by atoms with Gasteiger partial charge in [0.25, 0.3) is 0 Å². The number of aromatic nitrogens is 3. The molecule has 10 heteroatoms. The fraction of sp³-hybridized carbons (Fsp3) is 0.281. The molecule has 1 N–H and O–H groups in total. The van der Waals surface area contributed by atoms with Crippen molar-refractivity contribution in [1.29, 1.82) is 5.26 Å². The molecule has 0 saturated heterocycles. The minimum absolute atomic E-state index is 0.152. The summed E-state index contributed by atoms with van der Waals surface area (Å²) in [4.78, 5) is 24.3. The van der Waals surface area contributed by atoms with E-state index in [9.17, 15) is 4.79 Å². The second-order valence-electron chi connectivity index (χ2n) is 9.54.